The highest BCUT2D eigenvalue weighted by Crippen LogP contribution is 2.38. The summed E-state index contributed by atoms with van der Waals surface area (Å²) in [5.74, 6) is 1.10. The van der Waals surface area contributed by atoms with Crippen LogP contribution >= 0.6 is 11.3 Å². The van der Waals surface area contributed by atoms with E-state index in [1.54, 1.807) is 11.3 Å². The Morgan fingerprint density at radius 1 is 1.18 bits per heavy atom. The first-order valence-electron chi connectivity index (χ1n) is 7.32. The van der Waals surface area contributed by atoms with E-state index in [-0.39, 0.29) is 7.43 Å². The zero-order chi connectivity index (χ0) is 14.2. The van der Waals surface area contributed by atoms with Crippen LogP contribution in [0.4, 0.5) is 16.4 Å². The van der Waals surface area contributed by atoms with Crippen LogP contribution in [0.25, 0.3) is 0 Å². The summed E-state index contributed by atoms with van der Waals surface area (Å²) in [5.41, 5.74) is 3.34. The van der Waals surface area contributed by atoms with Gasteiger partial charge < -0.3 is 15.5 Å². The molecule has 0 amide bonds. The van der Waals surface area contributed by atoms with Crippen LogP contribution in [-0.2, 0) is 0 Å². The molecule has 2 N–H and O–H groups in total. The lowest BCUT2D eigenvalue weighted by Gasteiger charge is -2.30. The summed E-state index contributed by atoms with van der Waals surface area (Å²) in [4.78, 5) is 8.69. The van der Waals surface area contributed by atoms with Crippen molar-refractivity contribution in [2.75, 3.05) is 31.5 Å². The lowest BCUT2D eigenvalue weighted by Crippen LogP contribution is -2.46. The first-order chi connectivity index (χ1) is 10.3. The molecule has 2 aliphatic rings. The number of hydrogen-bond acceptors (Lipinski definition) is 5. The fourth-order valence-corrected chi connectivity index (χ4v) is 3.78. The third kappa shape index (κ3) is 2.62. The Morgan fingerprint density at radius 2 is 1.95 bits per heavy atom. The number of anilines is 2. The lowest BCUT2D eigenvalue weighted by atomic mass is 10.2. The minimum atomic E-state index is 0. The van der Waals surface area contributed by atoms with Gasteiger partial charge in [0.15, 0.2) is 0 Å². The quantitative estimate of drug-likeness (QED) is 0.778. The Labute approximate surface area is 135 Å². The molecule has 0 spiro atoms. The van der Waals surface area contributed by atoms with Crippen molar-refractivity contribution in [2.45, 2.75) is 14.4 Å². The van der Waals surface area contributed by atoms with Crippen molar-refractivity contribution in [1.82, 2.24) is 10.2 Å². The first-order valence-corrected chi connectivity index (χ1v) is 8.14. The van der Waals surface area contributed by atoms with Crippen molar-refractivity contribution >= 4 is 33.5 Å². The maximum Gasteiger partial charge on any atom is 0.139 e. The predicted octanol–water partition coefficient (Wildman–Crippen LogP) is 3.73. The van der Waals surface area contributed by atoms with Gasteiger partial charge in [0.25, 0.3) is 0 Å². The molecule has 2 aliphatic heterocycles. The molecule has 3 heterocycles. The first kappa shape index (κ1) is 15.1. The van der Waals surface area contributed by atoms with Crippen molar-refractivity contribution in [3.8, 4) is 0 Å². The highest BCUT2D eigenvalue weighted by molar-refractivity contribution is 7.16. The van der Waals surface area contributed by atoms with Crippen LogP contribution in [0.1, 0.15) is 17.9 Å². The summed E-state index contributed by atoms with van der Waals surface area (Å²) in [6, 6.07) is 10.5. The van der Waals surface area contributed by atoms with Gasteiger partial charge in [0.1, 0.15) is 10.8 Å². The van der Waals surface area contributed by atoms with Gasteiger partial charge >= 0.3 is 0 Å². The minimum absolute atomic E-state index is 0. The van der Waals surface area contributed by atoms with Crippen molar-refractivity contribution in [1.29, 1.82) is 0 Å². The maximum atomic E-state index is 4.98. The number of para-hydroxylation sites is 2. The molecule has 4 nitrogen and oxygen atoms in total. The number of rotatable bonds is 0. The number of hydrogen-bond donors (Lipinski definition) is 2. The molecule has 0 bridgehead atoms. The summed E-state index contributed by atoms with van der Waals surface area (Å²) >= 11 is 1.80. The Hall–Kier alpha value is -1.85. The molecule has 0 aliphatic carbocycles. The van der Waals surface area contributed by atoms with Crippen LogP contribution in [0.2, 0.25) is 0 Å². The number of thiophene rings is 1. The second-order valence-corrected chi connectivity index (χ2v) is 6.67. The van der Waals surface area contributed by atoms with Gasteiger partial charge in [0.2, 0.25) is 0 Å². The van der Waals surface area contributed by atoms with Gasteiger partial charge in [-0.15, -0.1) is 11.3 Å². The third-order valence-electron chi connectivity index (χ3n) is 3.89. The Bertz CT molecular complexity index is 698. The molecule has 2 aromatic rings. The average molecular weight is 314 g/mol. The van der Waals surface area contributed by atoms with Gasteiger partial charge in [-0.25, -0.2) is 4.99 Å². The van der Waals surface area contributed by atoms with E-state index in [0.29, 0.717) is 0 Å². The van der Waals surface area contributed by atoms with Crippen molar-refractivity contribution < 1.29 is 0 Å². The van der Waals surface area contributed by atoms with Crippen LogP contribution < -0.4 is 10.6 Å². The van der Waals surface area contributed by atoms with E-state index in [0.717, 1.165) is 43.4 Å². The molecule has 1 aromatic heterocycles. The molecule has 5 heteroatoms. The molecule has 1 fully saturated rings. The van der Waals surface area contributed by atoms with Crippen molar-refractivity contribution in [3.63, 3.8) is 0 Å². The second kappa shape index (κ2) is 6.10. The summed E-state index contributed by atoms with van der Waals surface area (Å²) < 4.78 is 0. The van der Waals surface area contributed by atoms with E-state index in [1.807, 2.05) is 6.07 Å². The SMILES string of the molecule is C.Cc1cc2c(s1)Nc1ccccc1N=C2N1CCNCC1. The predicted molar refractivity (Wildman–Crippen MR) is 96.2 cm³/mol. The van der Waals surface area contributed by atoms with E-state index < -0.39 is 0 Å². The average Bonchev–Trinajstić information content (AvgIpc) is 2.80. The van der Waals surface area contributed by atoms with Gasteiger partial charge in [-0.05, 0) is 25.1 Å². The number of piperazine rings is 1. The highest BCUT2D eigenvalue weighted by atomic mass is 32.1. The number of aryl methyl sites for hydroxylation is 1. The number of benzene rings is 1. The molecule has 0 radical (unpaired) electrons. The van der Waals surface area contributed by atoms with Crippen LogP contribution in [-0.4, -0.2) is 36.9 Å². The summed E-state index contributed by atoms with van der Waals surface area (Å²) in [6.07, 6.45) is 0. The zero-order valence-electron chi connectivity index (χ0n) is 12.0. The van der Waals surface area contributed by atoms with E-state index in [1.165, 1.54) is 15.4 Å². The zero-order valence-corrected chi connectivity index (χ0v) is 12.8. The maximum absolute atomic E-state index is 4.98. The summed E-state index contributed by atoms with van der Waals surface area (Å²) in [7, 11) is 0. The van der Waals surface area contributed by atoms with E-state index in [2.05, 4.69) is 46.7 Å². The third-order valence-corrected chi connectivity index (χ3v) is 4.86. The van der Waals surface area contributed by atoms with E-state index >= 15 is 0 Å². The van der Waals surface area contributed by atoms with Crippen LogP contribution in [0.3, 0.4) is 0 Å². The molecular weight excluding hydrogens is 292 g/mol. The lowest BCUT2D eigenvalue weighted by molar-refractivity contribution is 0.358. The Kier molecular flexibility index (Phi) is 4.18. The Morgan fingerprint density at radius 3 is 2.77 bits per heavy atom. The second-order valence-electron chi connectivity index (χ2n) is 5.41. The molecule has 0 unspecified atom stereocenters. The monoisotopic (exact) mass is 314 g/mol. The van der Waals surface area contributed by atoms with E-state index in [9.17, 15) is 0 Å². The summed E-state index contributed by atoms with van der Waals surface area (Å²) in [6.45, 7) is 6.21. The number of aliphatic imine (C=N–C) groups is 1. The van der Waals surface area contributed by atoms with Crippen LogP contribution in [0.5, 0.6) is 0 Å². The molecule has 4 rings (SSSR count). The van der Waals surface area contributed by atoms with Gasteiger partial charge in [-0.1, -0.05) is 19.6 Å². The fourth-order valence-electron chi connectivity index (χ4n) is 2.86. The molecule has 0 atom stereocenters. The topological polar surface area (TPSA) is 39.7 Å². The smallest absolute Gasteiger partial charge is 0.139 e. The van der Waals surface area contributed by atoms with Gasteiger partial charge in [0, 0.05) is 31.1 Å². The van der Waals surface area contributed by atoms with Gasteiger partial charge in [-0.2, -0.15) is 0 Å². The normalized spacial score (nSPS) is 16.6. The van der Waals surface area contributed by atoms with Crippen LogP contribution in [0, 0.1) is 6.92 Å². The number of fused-ring (bicyclic) bond motifs is 2. The largest absolute Gasteiger partial charge is 0.353 e. The Balaban J connectivity index is 0.00000144. The summed E-state index contributed by atoms with van der Waals surface area (Å²) in [5, 5.41) is 8.17. The molecule has 22 heavy (non-hydrogen) atoms. The standard InChI is InChI=1S/C16H18N4S.CH4/c1-11-10-12-15(20-8-6-17-7-9-20)18-13-4-2-3-5-14(13)19-16(12)21-11;/h2-5,10,17,19H,6-9H2,1H3;1H4. The molecule has 116 valence electrons. The van der Waals surface area contributed by atoms with Gasteiger partial charge in [0.05, 0.1) is 16.9 Å². The highest BCUT2D eigenvalue weighted by Gasteiger charge is 2.24. The number of nitrogens with one attached hydrogen (secondary N) is 2. The fraction of sp³-hybridized carbons (Fsp3) is 0.353. The molecule has 1 saturated heterocycles. The van der Waals surface area contributed by atoms with Crippen LogP contribution in [0.15, 0.2) is 35.3 Å². The van der Waals surface area contributed by atoms with Crippen molar-refractivity contribution in [3.05, 3.63) is 40.8 Å². The molecule has 0 saturated carbocycles. The minimum Gasteiger partial charge on any atom is -0.353 e. The number of nitrogens with zero attached hydrogens (tertiary/aromatic N) is 2. The van der Waals surface area contributed by atoms with E-state index in [4.69, 9.17) is 4.99 Å². The van der Waals surface area contributed by atoms with Gasteiger partial charge in [-0.3, -0.25) is 0 Å². The number of amidine groups is 1. The molecular formula is C17H22N4S. The van der Waals surface area contributed by atoms with Crippen molar-refractivity contribution in [2.24, 2.45) is 4.99 Å². The molecule has 1 aromatic carbocycles.